The zero-order valence-corrected chi connectivity index (χ0v) is 20.9. The number of hydrogen-bond donors (Lipinski definition) is 2. The van der Waals surface area contributed by atoms with Crippen molar-refractivity contribution in [3.8, 4) is 0 Å². The van der Waals surface area contributed by atoms with Gasteiger partial charge in [0, 0.05) is 54.2 Å². The summed E-state index contributed by atoms with van der Waals surface area (Å²) in [5.41, 5.74) is 4.86. The Balaban J connectivity index is 1.48. The van der Waals surface area contributed by atoms with Gasteiger partial charge in [-0.3, -0.25) is 0 Å². The number of hydrogen-bond acceptors (Lipinski definition) is 6. The summed E-state index contributed by atoms with van der Waals surface area (Å²) in [7, 11) is -2.20. The van der Waals surface area contributed by atoms with Crippen molar-refractivity contribution in [2.45, 2.75) is 30.9 Å². The lowest BCUT2D eigenvalue weighted by Gasteiger charge is -2.46. The average molecular weight is 485 g/mol. The number of aliphatic hydroxyl groups excluding tert-OH is 2. The van der Waals surface area contributed by atoms with Crippen LogP contribution in [0.2, 0.25) is 13.1 Å². The van der Waals surface area contributed by atoms with Gasteiger partial charge in [-0.05, 0) is 40.7 Å². The second-order valence-electron chi connectivity index (χ2n) is 10.8. The summed E-state index contributed by atoms with van der Waals surface area (Å²) in [4.78, 5) is 17.6. The first-order valence-corrected chi connectivity index (χ1v) is 15.3. The first kappa shape index (κ1) is 21.2. The lowest BCUT2D eigenvalue weighted by atomic mass is 9.79. The van der Waals surface area contributed by atoms with Gasteiger partial charge in [0.15, 0.2) is 5.60 Å². The third kappa shape index (κ3) is 2.74. The molecule has 0 amide bonds. The molecule has 0 aliphatic carbocycles. The molecule has 4 aliphatic heterocycles. The van der Waals surface area contributed by atoms with Gasteiger partial charge in [0.25, 0.3) is 0 Å². The summed E-state index contributed by atoms with van der Waals surface area (Å²) in [6.07, 6.45) is -0.555. The van der Waals surface area contributed by atoms with E-state index in [2.05, 4.69) is 59.3 Å². The van der Waals surface area contributed by atoms with Gasteiger partial charge in [-0.1, -0.05) is 43.4 Å². The van der Waals surface area contributed by atoms with Crippen molar-refractivity contribution >= 4 is 35.8 Å². The zero-order valence-electron chi connectivity index (χ0n) is 19.9. The first-order valence-electron chi connectivity index (χ1n) is 12.3. The van der Waals surface area contributed by atoms with Crippen LogP contribution in [0, 0.1) is 0 Å². The van der Waals surface area contributed by atoms with Crippen molar-refractivity contribution in [1.29, 1.82) is 0 Å². The first-order chi connectivity index (χ1) is 16.8. The number of β-amino-alcohol motifs (C(OH)–C–C–N with tert-alkyl or cyclic N) is 2. The average Bonchev–Trinajstić information content (AvgIpc) is 3.12. The van der Waals surface area contributed by atoms with Crippen molar-refractivity contribution in [3.05, 3.63) is 82.9 Å². The van der Waals surface area contributed by atoms with Crippen LogP contribution in [0.5, 0.6) is 0 Å². The van der Waals surface area contributed by atoms with Crippen LogP contribution >= 0.6 is 0 Å². The standard InChI is InChI=1S/C28H28N2O4Si/c1-35(2)25-11-17(29-13-19(31)14-29)7-9-23(25)28(22-6-4-3-5-21(22)27(33)34-28)24-10-8-18(12-26(24)35)30-15-20(32)16-30/h3-12,19-20,31-32H,13-16H2,1-2H3. The summed E-state index contributed by atoms with van der Waals surface area (Å²) in [5, 5.41) is 22.3. The molecule has 0 radical (unpaired) electrons. The highest BCUT2D eigenvalue weighted by atomic mass is 28.3. The van der Waals surface area contributed by atoms with Crippen molar-refractivity contribution < 1.29 is 19.7 Å². The molecule has 3 aromatic carbocycles. The Morgan fingerprint density at radius 2 is 1.31 bits per heavy atom. The van der Waals surface area contributed by atoms with Crippen LogP contribution in [0.15, 0.2) is 60.7 Å². The van der Waals surface area contributed by atoms with Crippen LogP contribution in [0.25, 0.3) is 0 Å². The lowest BCUT2D eigenvalue weighted by molar-refractivity contribution is 0.0255. The van der Waals surface area contributed by atoms with E-state index in [4.69, 9.17) is 4.74 Å². The second kappa shape index (κ2) is 6.97. The van der Waals surface area contributed by atoms with E-state index in [0.29, 0.717) is 31.7 Å². The normalized spacial score (nSPS) is 21.7. The molecule has 35 heavy (non-hydrogen) atoms. The molecule has 178 valence electrons. The van der Waals surface area contributed by atoms with Gasteiger partial charge < -0.3 is 24.7 Å². The molecule has 2 N–H and O–H groups in total. The molecule has 7 rings (SSSR count). The fourth-order valence-electron chi connectivity index (χ4n) is 6.35. The molecule has 4 heterocycles. The number of aliphatic hydroxyl groups is 2. The van der Waals surface area contributed by atoms with Crippen LogP contribution in [0.4, 0.5) is 11.4 Å². The molecule has 0 bridgehead atoms. The van der Waals surface area contributed by atoms with Crippen LogP contribution < -0.4 is 20.2 Å². The van der Waals surface area contributed by atoms with Gasteiger partial charge in [0.2, 0.25) is 0 Å². The largest absolute Gasteiger partial charge is 0.441 e. The van der Waals surface area contributed by atoms with Crippen LogP contribution in [-0.4, -0.2) is 62.6 Å². The maximum absolute atomic E-state index is 13.2. The van der Waals surface area contributed by atoms with E-state index < -0.39 is 13.7 Å². The van der Waals surface area contributed by atoms with Crippen LogP contribution in [-0.2, 0) is 10.3 Å². The highest BCUT2D eigenvalue weighted by Gasteiger charge is 2.56. The number of carbonyl (C=O) groups excluding carboxylic acids is 1. The Morgan fingerprint density at radius 1 is 0.800 bits per heavy atom. The van der Waals surface area contributed by atoms with E-state index in [0.717, 1.165) is 28.1 Å². The molecule has 2 saturated heterocycles. The zero-order chi connectivity index (χ0) is 24.1. The van der Waals surface area contributed by atoms with Crippen molar-refractivity contribution in [1.82, 2.24) is 0 Å². The van der Waals surface area contributed by atoms with E-state index in [1.165, 1.54) is 10.4 Å². The number of benzene rings is 3. The number of ether oxygens (including phenoxy) is 1. The molecule has 1 spiro atoms. The van der Waals surface area contributed by atoms with Crippen molar-refractivity contribution in [3.63, 3.8) is 0 Å². The predicted octanol–water partition coefficient (Wildman–Crippen LogP) is 1.65. The fourth-order valence-corrected chi connectivity index (χ4v) is 9.52. The van der Waals surface area contributed by atoms with Crippen LogP contribution in [0.3, 0.4) is 0 Å². The predicted molar refractivity (Wildman–Crippen MR) is 138 cm³/mol. The minimum Gasteiger partial charge on any atom is -0.441 e. The second-order valence-corrected chi connectivity index (χ2v) is 15.1. The van der Waals surface area contributed by atoms with Crippen LogP contribution in [0.1, 0.15) is 27.0 Å². The van der Waals surface area contributed by atoms with Gasteiger partial charge in [-0.15, -0.1) is 0 Å². The third-order valence-corrected chi connectivity index (χ3v) is 11.9. The van der Waals surface area contributed by atoms with Gasteiger partial charge in [-0.2, -0.15) is 0 Å². The van der Waals surface area contributed by atoms with E-state index in [-0.39, 0.29) is 18.2 Å². The number of esters is 1. The monoisotopic (exact) mass is 484 g/mol. The smallest absolute Gasteiger partial charge is 0.340 e. The molecule has 0 unspecified atom stereocenters. The van der Waals surface area contributed by atoms with Gasteiger partial charge in [0.05, 0.1) is 17.8 Å². The number of nitrogens with zero attached hydrogens (tertiary/aromatic N) is 2. The lowest BCUT2D eigenvalue weighted by Crippen LogP contribution is -2.64. The van der Waals surface area contributed by atoms with E-state index in [1.54, 1.807) is 0 Å². The fraction of sp³-hybridized carbons (Fsp3) is 0.321. The Morgan fingerprint density at radius 3 is 1.83 bits per heavy atom. The molecule has 4 aliphatic rings. The van der Waals surface area contributed by atoms with E-state index >= 15 is 0 Å². The maximum Gasteiger partial charge on any atom is 0.340 e. The number of anilines is 2. The molecule has 7 heteroatoms. The van der Waals surface area contributed by atoms with Crippen molar-refractivity contribution in [2.24, 2.45) is 0 Å². The molecule has 0 atom stereocenters. The Kier molecular flexibility index (Phi) is 4.21. The molecule has 6 nitrogen and oxygen atoms in total. The maximum atomic E-state index is 13.2. The quantitative estimate of drug-likeness (QED) is 0.426. The number of fused-ring (bicyclic) bond motifs is 6. The molecule has 0 saturated carbocycles. The number of carbonyl (C=O) groups is 1. The summed E-state index contributed by atoms with van der Waals surface area (Å²) >= 11 is 0. The summed E-state index contributed by atoms with van der Waals surface area (Å²) < 4.78 is 6.40. The Bertz CT molecular complexity index is 1320. The molecule has 2 fully saturated rings. The molecule has 0 aromatic heterocycles. The topological polar surface area (TPSA) is 73.2 Å². The molecule has 3 aromatic rings. The van der Waals surface area contributed by atoms with E-state index in [9.17, 15) is 15.0 Å². The minimum atomic E-state index is -2.20. The van der Waals surface area contributed by atoms with Gasteiger partial charge in [-0.25, -0.2) is 4.79 Å². The summed E-state index contributed by atoms with van der Waals surface area (Å²) in [6, 6.07) is 20.8. The summed E-state index contributed by atoms with van der Waals surface area (Å²) in [5.74, 6) is -0.288. The molecular formula is C28H28N2O4Si. The SMILES string of the molecule is C[Si]1(C)c2cc(N3CC(O)C3)ccc2C2(OC(=O)c3ccccc32)c2ccc(N3CC(O)C3)cc21. The van der Waals surface area contributed by atoms with E-state index in [1.807, 2.05) is 24.3 Å². The van der Waals surface area contributed by atoms with Crippen molar-refractivity contribution in [2.75, 3.05) is 36.0 Å². The number of rotatable bonds is 2. The highest BCUT2D eigenvalue weighted by molar-refractivity contribution is 7.01. The highest BCUT2D eigenvalue weighted by Crippen LogP contribution is 2.49. The minimum absolute atomic E-state index is 0.277. The van der Waals surface area contributed by atoms with Gasteiger partial charge >= 0.3 is 5.97 Å². The Labute approximate surface area is 205 Å². The summed E-state index contributed by atoms with van der Waals surface area (Å²) in [6.45, 7) is 7.29. The Hall–Kier alpha value is -3.13. The third-order valence-electron chi connectivity index (χ3n) is 8.34. The van der Waals surface area contributed by atoms with Gasteiger partial charge in [0.1, 0.15) is 8.07 Å². The molecular weight excluding hydrogens is 456 g/mol.